The summed E-state index contributed by atoms with van der Waals surface area (Å²) in [4.78, 5) is 16.8. The number of amides is 1. The van der Waals surface area contributed by atoms with E-state index in [2.05, 4.69) is 10.3 Å². The first kappa shape index (κ1) is 21.3. The smallest absolute Gasteiger partial charge is 0.270 e. The van der Waals surface area contributed by atoms with Crippen LogP contribution in [0.1, 0.15) is 28.9 Å². The zero-order chi connectivity index (χ0) is 21.6. The Labute approximate surface area is 184 Å². The van der Waals surface area contributed by atoms with Crippen molar-refractivity contribution in [2.75, 3.05) is 20.3 Å². The van der Waals surface area contributed by atoms with E-state index >= 15 is 0 Å². The van der Waals surface area contributed by atoms with Gasteiger partial charge < -0.3 is 19.5 Å². The Morgan fingerprint density at radius 1 is 1.26 bits per heavy atom. The normalized spacial score (nSPS) is 15.6. The van der Waals surface area contributed by atoms with E-state index in [9.17, 15) is 9.18 Å². The third-order valence-electron chi connectivity index (χ3n) is 4.97. The van der Waals surface area contributed by atoms with Gasteiger partial charge in [0, 0.05) is 24.1 Å². The van der Waals surface area contributed by atoms with Gasteiger partial charge in [0.2, 0.25) is 0 Å². The van der Waals surface area contributed by atoms with Crippen LogP contribution in [0.5, 0.6) is 11.5 Å². The number of carbonyl (C=O) groups excluding carboxylic acids is 1. The molecular formula is C23H23FN2O4S. The van der Waals surface area contributed by atoms with E-state index in [0.29, 0.717) is 35.4 Å². The highest BCUT2D eigenvalue weighted by molar-refractivity contribution is 7.13. The van der Waals surface area contributed by atoms with Crippen molar-refractivity contribution in [3.8, 4) is 22.1 Å². The molecular weight excluding hydrogens is 419 g/mol. The first-order valence-corrected chi connectivity index (χ1v) is 10.9. The number of hydrogen-bond donors (Lipinski definition) is 1. The fourth-order valence-corrected chi connectivity index (χ4v) is 4.07. The quantitative estimate of drug-likeness (QED) is 0.558. The summed E-state index contributed by atoms with van der Waals surface area (Å²) in [6.45, 7) is 1.55. The molecule has 1 aromatic heterocycles. The molecule has 162 valence electrons. The fourth-order valence-electron chi connectivity index (χ4n) is 3.27. The van der Waals surface area contributed by atoms with Crippen LogP contribution in [-0.4, -0.2) is 37.3 Å². The molecule has 2 heterocycles. The maximum atomic E-state index is 13.0. The fraction of sp³-hybridized carbons (Fsp3) is 0.304. The zero-order valence-corrected chi connectivity index (χ0v) is 17.9. The van der Waals surface area contributed by atoms with Crippen LogP contribution >= 0.6 is 11.3 Å². The molecule has 1 saturated heterocycles. The van der Waals surface area contributed by atoms with Crippen LogP contribution in [-0.2, 0) is 11.3 Å². The first-order valence-electron chi connectivity index (χ1n) is 10.0. The number of rotatable bonds is 8. The summed E-state index contributed by atoms with van der Waals surface area (Å²) in [5.74, 6) is 0.638. The van der Waals surface area contributed by atoms with Gasteiger partial charge in [-0.2, -0.15) is 0 Å². The summed E-state index contributed by atoms with van der Waals surface area (Å²) >= 11 is 1.39. The van der Waals surface area contributed by atoms with Gasteiger partial charge in [0.1, 0.15) is 23.1 Å². The predicted octanol–water partition coefficient (Wildman–Crippen LogP) is 4.45. The SMILES string of the molecule is COc1cc(-c2nc(C(=O)NC[C@H]3CCCO3)cs2)ccc1OCc1ccc(F)cc1. The molecule has 0 bridgehead atoms. The number of ether oxygens (including phenoxy) is 3. The number of halogens is 1. The van der Waals surface area contributed by atoms with Crippen molar-refractivity contribution in [2.45, 2.75) is 25.6 Å². The van der Waals surface area contributed by atoms with Gasteiger partial charge in [-0.1, -0.05) is 12.1 Å². The number of methoxy groups -OCH3 is 1. The largest absolute Gasteiger partial charge is 0.493 e. The first-order chi connectivity index (χ1) is 15.1. The van der Waals surface area contributed by atoms with Crippen molar-refractivity contribution < 1.29 is 23.4 Å². The van der Waals surface area contributed by atoms with Gasteiger partial charge in [-0.3, -0.25) is 4.79 Å². The average molecular weight is 443 g/mol. The van der Waals surface area contributed by atoms with Gasteiger partial charge in [-0.15, -0.1) is 11.3 Å². The minimum atomic E-state index is -0.283. The molecule has 0 unspecified atom stereocenters. The molecule has 4 rings (SSSR count). The summed E-state index contributed by atoms with van der Waals surface area (Å²) in [6, 6.07) is 11.7. The third kappa shape index (κ3) is 5.39. The van der Waals surface area contributed by atoms with Gasteiger partial charge in [0.25, 0.3) is 5.91 Å². The molecule has 0 spiro atoms. The molecule has 1 amide bonds. The minimum Gasteiger partial charge on any atom is -0.493 e. The van der Waals surface area contributed by atoms with E-state index in [1.54, 1.807) is 30.7 Å². The molecule has 1 fully saturated rings. The predicted molar refractivity (Wildman–Crippen MR) is 116 cm³/mol. The van der Waals surface area contributed by atoms with Gasteiger partial charge >= 0.3 is 0 Å². The van der Waals surface area contributed by atoms with Gasteiger partial charge in [-0.25, -0.2) is 9.37 Å². The van der Waals surface area contributed by atoms with E-state index < -0.39 is 0 Å². The van der Waals surface area contributed by atoms with Crippen molar-refractivity contribution in [3.63, 3.8) is 0 Å². The third-order valence-corrected chi connectivity index (χ3v) is 5.86. The van der Waals surface area contributed by atoms with Crippen molar-refractivity contribution in [1.82, 2.24) is 10.3 Å². The molecule has 8 heteroatoms. The van der Waals surface area contributed by atoms with Gasteiger partial charge in [0.15, 0.2) is 11.5 Å². The number of carbonyl (C=O) groups is 1. The molecule has 1 atom stereocenters. The zero-order valence-electron chi connectivity index (χ0n) is 17.1. The number of thiazole rings is 1. The molecule has 3 aromatic rings. The Bertz CT molecular complexity index is 1030. The maximum Gasteiger partial charge on any atom is 0.270 e. The van der Waals surface area contributed by atoms with Crippen molar-refractivity contribution in [2.24, 2.45) is 0 Å². The second-order valence-electron chi connectivity index (χ2n) is 7.16. The summed E-state index contributed by atoms with van der Waals surface area (Å²) in [5.41, 5.74) is 2.06. The summed E-state index contributed by atoms with van der Waals surface area (Å²) in [6.07, 6.45) is 2.10. The molecule has 31 heavy (non-hydrogen) atoms. The average Bonchev–Trinajstić information content (AvgIpc) is 3.49. The maximum absolute atomic E-state index is 13.0. The minimum absolute atomic E-state index is 0.0915. The lowest BCUT2D eigenvalue weighted by molar-refractivity contribution is 0.0854. The lowest BCUT2D eigenvalue weighted by Crippen LogP contribution is -2.31. The van der Waals surface area contributed by atoms with Crippen LogP contribution in [0.15, 0.2) is 47.8 Å². The molecule has 1 N–H and O–H groups in total. The van der Waals surface area contributed by atoms with E-state index in [1.165, 1.54) is 23.5 Å². The van der Waals surface area contributed by atoms with Crippen LogP contribution < -0.4 is 14.8 Å². The highest BCUT2D eigenvalue weighted by Gasteiger charge is 2.18. The topological polar surface area (TPSA) is 69.7 Å². The van der Waals surface area contributed by atoms with Crippen LogP contribution in [0.25, 0.3) is 10.6 Å². The Kier molecular flexibility index (Phi) is 6.79. The van der Waals surface area contributed by atoms with E-state index in [0.717, 1.165) is 30.6 Å². The van der Waals surface area contributed by atoms with Crippen molar-refractivity contribution in [3.05, 3.63) is 64.9 Å². The van der Waals surface area contributed by atoms with Gasteiger partial charge in [0.05, 0.1) is 13.2 Å². The second-order valence-corrected chi connectivity index (χ2v) is 8.02. The highest BCUT2D eigenvalue weighted by Crippen LogP contribution is 2.34. The molecule has 1 aliphatic heterocycles. The van der Waals surface area contributed by atoms with E-state index in [4.69, 9.17) is 14.2 Å². The molecule has 0 radical (unpaired) electrons. The number of nitrogens with zero attached hydrogens (tertiary/aromatic N) is 1. The second kappa shape index (κ2) is 9.89. The Hall–Kier alpha value is -2.97. The van der Waals surface area contributed by atoms with E-state index in [-0.39, 0.29) is 17.8 Å². The molecule has 0 aliphatic carbocycles. The lowest BCUT2D eigenvalue weighted by Gasteiger charge is -2.12. The lowest BCUT2D eigenvalue weighted by atomic mass is 10.2. The molecule has 0 saturated carbocycles. The van der Waals surface area contributed by atoms with Crippen LogP contribution in [0.3, 0.4) is 0 Å². The highest BCUT2D eigenvalue weighted by atomic mass is 32.1. The van der Waals surface area contributed by atoms with Crippen LogP contribution in [0.2, 0.25) is 0 Å². The van der Waals surface area contributed by atoms with Crippen molar-refractivity contribution in [1.29, 1.82) is 0 Å². The van der Waals surface area contributed by atoms with Gasteiger partial charge in [-0.05, 0) is 48.7 Å². The van der Waals surface area contributed by atoms with E-state index in [1.807, 2.05) is 12.1 Å². The van der Waals surface area contributed by atoms with Crippen LogP contribution in [0.4, 0.5) is 4.39 Å². The van der Waals surface area contributed by atoms with Crippen LogP contribution in [0, 0.1) is 5.82 Å². The summed E-state index contributed by atoms with van der Waals surface area (Å²) in [7, 11) is 1.57. The number of hydrogen-bond acceptors (Lipinski definition) is 6. The molecule has 6 nitrogen and oxygen atoms in total. The Morgan fingerprint density at radius 2 is 2.10 bits per heavy atom. The summed E-state index contributed by atoms with van der Waals surface area (Å²) in [5, 5.41) is 5.34. The molecule has 1 aliphatic rings. The van der Waals surface area contributed by atoms with Crippen molar-refractivity contribution >= 4 is 17.2 Å². The number of benzene rings is 2. The summed E-state index contributed by atoms with van der Waals surface area (Å²) < 4.78 is 29.9. The standard InChI is InChI=1S/C23H23FN2O4S/c1-28-21-11-16(6-9-20(21)30-13-15-4-7-17(24)8-5-15)23-26-19(14-31-23)22(27)25-12-18-3-2-10-29-18/h4-9,11,14,18H,2-3,10,12-13H2,1H3,(H,25,27)/t18-/m1/s1. The molecule has 2 aromatic carbocycles. The monoisotopic (exact) mass is 442 g/mol. The Morgan fingerprint density at radius 3 is 2.84 bits per heavy atom. The number of aromatic nitrogens is 1. The Balaban J connectivity index is 1.41. The number of nitrogens with one attached hydrogen (secondary N) is 1.